The lowest BCUT2D eigenvalue weighted by molar-refractivity contribution is -0.757. The molecular formula is C11H16N2O5S. The molecule has 0 heterocycles. The highest BCUT2D eigenvalue weighted by molar-refractivity contribution is 7.89. The number of hydrogen-bond donors (Lipinski definition) is 0. The number of sulfonamides is 1. The molecule has 1 aromatic carbocycles. The van der Waals surface area contributed by atoms with Gasteiger partial charge in [0.05, 0.1) is 4.90 Å². The first-order valence-electron chi connectivity index (χ1n) is 5.72. The normalized spacial score (nSPS) is 11.5. The van der Waals surface area contributed by atoms with Gasteiger partial charge in [0.15, 0.2) is 0 Å². The van der Waals surface area contributed by atoms with Gasteiger partial charge in [0, 0.05) is 13.1 Å². The molecular weight excluding hydrogens is 272 g/mol. The lowest BCUT2D eigenvalue weighted by Gasteiger charge is -2.19. The van der Waals surface area contributed by atoms with E-state index in [4.69, 9.17) is 0 Å². The highest BCUT2D eigenvalue weighted by Crippen LogP contribution is 2.15. The highest BCUT2D eigenvalue weighted by Gasteiger charge is 2.22. The van der Waals surface area contributed by atoms with E-state index < -0.39 is 15.1 Å². The van der Waals surface area contributed by atoms with E-state index in [0.717, 1.165) is 9.87 Å². The first-order valence-corrected chi connectivity index (χ1v) is 7.16. The number of rotatable bonds is 7. The van der Waals surface area contributed by atoms with Crippen molar-refractivity contribution in [3.05, 3.63) is 39.9 Å². The van der Waals surface area contributed by atoms with Crippen LogP contribution in [0, 0.1) is 17.0 Å². The van der Waals surface area contributed by atoms with Crippen LogP contribution in [0.2, 0.25) is 0 Å². The minimum absolute atomic E-state index is 0.0618. The molecule has 1 rings (SSSR count). The summed E-state index contributed by atoms with van der Waals surface area (Å²) in [7, 11) is -3.64. The summed E-state index contributed by atoms with van der Waals surface area (Å²) in [6.07, 6.45) is 0. The molecule has 0 aromatic heterocycles. The Morgan fingerprint density at radius 2 is 1.89 bits per heavy atom. The fraction of sp³-hybridized carbons (Fsp3) is 0.455. The van der Waals surface area contributed by atoms with E-state index in [0.29, 0.717) is 0 Å². The van der Waals surface area contributed by atoms with E-state index in [9.17, 15) is 18.5 Å². The van der Waals surface area contributed by atoms with Gasteiger partial charge in [-0.25, -0.2) is 8.42 Å². The summed E-state index contributed by atoms with van der Waals surface area (Å²) >= 11 is 0. The van der Waals surface area contributed by atoms with E-state index in [-0.39, 0.29) is 24.6 Å². The Morgan fingerprint density at radius 3 is 2.37 bits per heavy atom. The summed E-state index contributed by atoms with van der Waals surface area (Å²) in [6, 6.07) is 6.44. The second-order valence-corrected chi connectivity index (χ2v) is 5.80. The van der Waals surface area contributed by atoms with Gasteiger partial charge in [0.25, 0.3) is 5.09 Å². The molecule has 8 heteroatoms. The summed E-state index contributed by atoms with van der Waals surface area (Å²) in [5, 5.41) is 9.10. The largest absolute Gasteiger partial charge is 0.313 e. The van der Waals surface area contributed by atoms with Gasteiger partial charge in [-0.1, -0.05) is 24.6 Å². The van der Waals surface area contributed by atoms with Gasteiger partial charge in [0.1, 0.15) is 6.61 Å². The third-order valence-electron chi connectivity index (χ3n) is 2.55. The zero-order chi connectivity index (χ0) is 14.5. The van der Waals surface area contributed by atoms with Gasteiger partial charge in [-0.05, 0) is 19.1 Å². The maximum Gasteiger partial charge on any atom is 0.294 e. The molecule has 7 nitrogen and oxygen atoms in total. The van der Waals surface area contributed by atoms with Gasteiger partial charge in [-0.2, -0.15) is 4.31 Å². The summed E-state index contributed by atoms with van der Waals surface area (Å²) in [6.45, 7) is 3.40. The average molecular weight is 288 g/mol. The van der Waals surface area contributed by atoms with Crippen molar-refractivity contribution in [3.8, 4) is 0 Å². The number of nitrogens with zero attached hydrogens (tertiary/aromatic N) is 2. The first kappa shape index (κ1) is 15.4. The highest BCUT2D eigenvalue weighted by atomic mass is 32.2. The van der Waals surface area contributed by atoms with Crippen molar-refractivity contribution in [2.75, 3.05) is 19.7 Å². The minimum Gasteiger partial charge on any atom is -0.313 e. The zero-order valence-electron chi connectivity index (χ0n) is 10.8. The van der Waals surface area contributed by atoms with Crippen LogP contribution in [0.3, 0.4) is 0 Å². The van der Waals surface area contributed by atoms with E-state index in [1.165, 1.54) is 12.1 Å². The summed E-state index contributed by atoms with van der Waals surface area (Å²) in [4.78, 5) is 14.3. The molecule has 0 N–H and O–H groups in total. The van der Waals surface area contributed by atoms with Gasteiger partial charge in [0.2, 0.25) is 10.0 Å². The number of aryl methyl sites for hydroxylation is 1. The topological polar surface area (TPSA) is 89.8 Å². The Bertz CT molecular complexity index is 527. The molecule has 0 aliphatic heterocycles. The van der Waals surface area contributed by atoms with Crippen LogP contribution in [0.25, 0.3) is 0 Å². The maximum atomic E-state index is 12.3. The van der Waals surface area contributed by atoms with Gasteiger partial charge < -0.3 is 4.84 Å². The molecule has 106 valence electrons. The molecule has 19 heavy (non-hydrogen) atoms. The van der Waals surface area contributed by atoms with Crippen LogP contribution in [-0.2, 0) is 14.9 Å². The summed E-state index contributed by atoms with van der Waals surface area (Å²) < 4.78 is 25.6. The number of benzene rings is 1. The van der Waals surface area contributed by atoms with Crippen molar-refractivity contribution in [3.63, 3.8) is 0 Å². The van der Waals surface area contributed by atoms with Gasteiger partial charge >= 0.3 is 0 Å². The molecule has 0 unspecified atom stereocenters. The summed E-state index contributed by atoms with van der Waals surface area (Å²) in [5.74, 6) is 0. The summed E-state index contributed by atoms with van der Waals surface area (Å²) in [5.41, 5.74) is 0.957. The van der Waals surface area contributed by atoms with E-state index in [1.54, 1.807) is 19.1 Å². The quantitative estimate of drug-likeness (QED) is 0.555. The van der Waals surface area contributed by atoms with Crippen LogP contribution in [0.15, 0.2) is 29.2 Å². The van der Waals surface area contributed by atoms with E-state index in [2.05, 4.69) is 4.84 Å². The Balaban J connectivity index is 2.83. The minimum atomic E-state index is -3.64. The molecule has 0 bridgehead atoms. The molecule has 0 saturated carbocycles. The van der Waals surface area contributed by atoms with Gasteiger partial charge in [-0.3, -0.25) is 0 Å². The lowest BCUT2D eigenvalue weighted by atomic mass is 10.2. The van der Waals surface area contributed by atoms with Crippen molar-refractivity contribution in [2.45, 2.75) is 18.7 Å². The molecule has 1 aromatic rings. The van der Waals surface area contributed by atoms with Crippen molar-refractivity contribution in [2.24, 2.45) is 0 Å². The maximum absolute atomic E-state index is 12.3. The van der Waals surface area contributed by atoms with Crippen molar-refractivity contribution in [1.29, 1.82) is 0 Å². The van der Waals surface area contributed by atoms with Crippen LogP contribution in [0.1, 0.15) is 12.5 Å². The predicted molar refractivity (Wildman–Crippen MR) is 68.6 cm³/mol. The van der Waals surface area contributed by atoms with Crippen LogP contribution in [-0.4, -0.2) is 37.5 Å². The molecule has 0 spiro atoms. The molecule has 0 aliphatic carbocycles. The Hall–Kier alpha value is -1.67. The predicted octanol–water partition coefficient (Wildman–Crippen LogP) is 1.21. The second-order valence-electron chi connectivity index (χ2n) is 3.87. The zero-order valence-corrected chi connectivity index (χ0v) is 11.6. The van der Waals surface area contributed by atoms with Crippen molar-refractivity contribution in [1.82, 2.24) is 4.31 Å². The van der Waals surface area contributed by atoms with Crippen molar-refractivity contribution >= 4 is 10.0 Å². The monoisotopic (exact) mass is 288 g/mol. The van der Waals surface area contributed by atoms with Crippen molar-refractivity contribution < 1.29 is 18.3 Å². The second kappa shape index (κ2) is 6.48. The van der Waals surface area contributed by atoms with E-state index >= 15 is 0 Å². The smallest absolute Gasteiger partial charge is 0.294 e. The standard InChI is InChI=1S/C11H16N2O5S/c1-3-12(8-9-18-13(14)15)19(16,17)11-6-4-10(2)5-7-11/h4-7H,3,8-9H2,1-2H3. The number of likely N-dealkylation sites (N-methyl/N-ethyl adjacent to an activating group) is 1. The van der Waals surface area contributed by atoms with Crippen LogP contribution < -0.4 is 0 Å². The Labute approximate surface area is 111 Å². The number of hydrogen-bond acceptors (Lipinski definition) is 5. The van der Waals surface area contributed by atoms with Crippen LogP contribution >= 0.6 is 0 Å². The van der Waals surface area contributed by atoms with Gasteiger partial charge in [-0.15, -0.1) is 10.1 Å². The molecule has 0 saturated heterocycles. The molecule has 0 fully saturated rings. The van der Waals surface area contributed by atoms with Crippen LogP contribution in [0.5, 0.6) is 0 Å². The lowest BCUT2D eigenvalue weighted by Crippen LogP contribution is -2.34. The molecule has 0 aliphatic rings. The molecule has 0 radical (unpaired) electrons. The Morgan fingerprint density at radius 1 is 1.32 bits per heavy atom. The molecule has 0 amide bonds. The Kier molecular flexibility index (Phi) is 5.25. The van der Waals surface area contributed by atoms with E-state index in [1.807, 2.05) is 6.92 Å². The molecule has 0 atom stereocenters. The SMILES string of the molecule is CCN(CCO[N+](=O)[O-])S(=O)(=O)c1ccc(C)cc1. The fourth-order valence-corrected chi connectivity index (χ4v) is 2.96. The average Bonchev–Trinajstić information content (AvgIpc) is 2.34. The third kappa shape index (κ3) is 4.18. The third-order valence-corrected chi connectivity index (χ3v) is 4.54. The van der Waals surface area contributed by atoms with Crippen LogP contribution in [0.4, 0.5) is 0 Å². The fourth-order valence-electron chi connectivity index (χ4n) is 1.52. The first-order chi connectivity index (χ1) is 8.87.